The molecule has 0 aliphatic carbocycles. The molecule has 4 heteroatoms. The molecule has 0 bridgehead atoms. The molecule has 0 fully saturated rings. The first-order valence-electron chi connectivity index (χ1n) is 2.84. The first-order chi connectivity index (χ1) is 4.68. The number of halogens is 1. The molecular weight excluding hydrogens is 245 g/mol. The third-order valence-electron chi connectivity index (χ3n) is 0.778. The molecule has 0 unspecified atom stereocenters. The van der Waals surface area contributed by atoms with Crippen LogP contribution in [0.25, 0.3) is 0 Å². The van der Waals surface area contributed by atoms with Gasteiger partial charge in [-0.05, 0) is 6.92 Å². The molecule has 0 heterocycles. The number of hydrogen-bond donors (Lipinski definition) is 1. The summed E-state index contributed by atoms with van der Waals surface area (Å²) in [4.78, 5) is 10.7. The lowest BCUT2D eigenvalue weighted by Crippen LogP contribution is -2.13. The lowest BCUT2D eigenvalue weighted by molar-refractivity contribution is -0.138. The van der Waals surface area contributed by atoms with Crippen molar-refractivity contribution in [3.63, 3.8) is 0 Å². The lowest BCUT2D eigenvalue weighted by Gasteiger charge is -2.01. The lowest BCUT2D eigenvalue weighted by atomic mass is 10.4. The van der Waals surface area contributed by atoms with E-state index in [1.54, 1.807) is 6.92 Å². The highest BCUT2D eigenvalue weighted by Crippen LogP contribution is 1.90. The molecule has 0 spiro atoms. The number of esters is 1. The van der Waals surface area contributed by atoms with E-state index in [1.165, 1.54) is 0 Å². The third kappa shape index (κ3) is 4.75. The first-order valence-corrected chi connectivity index (χ1v) is 3.92. The normalized spacial score (nSPS) is 9.00. The first kappa shape index (κ1) is 9.90. The summed E-state index contributed by atoms with van der Waals surface area (Å²) in [5.41, 5.74) is 0.438. The monoisotopic (exact) mass is 255 g/mol. The SMILES string of the molecule is C=C(C)C(=O)OCCNI. The Morgan fingerprint density at radius 1 is 1.80 bits per heavy atom. The van der Waals surface area contributed by atoms with Crippen LogP contribution in [0, 0.1) is 0 Å². The van der Waals surface area contributed by atoms with E-state index in [9.17, 15) is 4.79 Å². The van der Waals surface area contributed by atoms with Crippen molar-refractivity contribution in [3.8, 4) is 0 Å². The Morgan fingerprint density at radius 2 is 2.40 bits per heavy atom. The molecule has 0 saturated carbocycles. The molecule has 3 nitrogen and oxygen atoms in total. The van der Waals surface area contributed by atoms with Gasteiger partial charge in [-0.15, -0.1) is 0 Å². The van der Waals surface area contributed by atoms with E-state index in [0.717, 1.165) is 0 Å². The van der Waals surface area contributed by atoms with E-state index in [0.29, 0.717) is 18.7 Å². The second-order valence-corrected chi connectivity index (χ2v) is 2.56. The standard InChI is InChI=1S/C6H10INO2/c1-5(2)6(9)10-4-3-8-7/h8H,1,3-4H2,2H3. The Labute approximate surface area is 74.3 Å². The van der Waals surface area contributed by atoms with E-state index >= 15 is 0 Å². The summed E-state index contributed by atoms with van der Waals surface area (Å²) < 4.78 is 7.56. The average molecular weight is 255 g/mol. The molecule has 58 valence electrons. The molecule has 0 saturated heterocycles. The van der Waals surface area contributed by atoms with Crippen LogP contribution in [-0.4, -0.2) is 19.1 Å². The van der Waals surface area contributed by atoms with Gasteiger partial charge in [-0.25, -0.2) is 4.79 Å². The summed E-state index contributed by atoms with van der Waals surface area (Å²) in [6, 6.07) is 0. The summed E-state index contributed by atoms with van der Waals surface area (Å²) in [5, 5.41) is 0. The third-order valence-corrected chi connectivity index (χ3v) is 1.32. The minimum Gasteiger partial charge on any atom is -0.461 e. The van der Waals surface area contributed by atoms with Crippen molar-refractivity contribution in [1.82, 2.24) is 3.53 Å². The maximum atomic E-state index is 10.7. The summed E-state index contributed by atoms with van der Waals surface area (Å²) in [7, 11) is 0. The Kier molecular flexibility index (Phi) is 5.61. The molecular formula is C6H10INO2. The van der Waals surface area contributed by atoms with Gasteiger partial charge in [-0.2, -0.15) is 0 Å². The van der Waals surface area contributed by atoms with Gasteiger partial charge in [0.15, 0.2) is 0 Å². The fourth-order valence-corrected chi connectivity index (χ4v) is 0.526. The maximum Gasteiger partial charge on any atom is 0.333 e. The Bertz CT molecular complexity index is 136. The van der Waals surface area contributed by atoms with Gasteiger partial charge in [0.1, 0.15) is 6.61 Å². The summed E-state index contributed by atoms with van der Waals surface area (Å²) >= 11 is 1.99. The number of ether oxygens (including phenoxy) is 1. The highest BCUT2D eigenvalue weighted by molar-refractivity contribution is 14.1. The highest BCUT2D eigenvalue weighted by Gasteiger charge is 2.00. The molecule has 1 N–H and O–H groups in total. The molecule has 0 amide bonds. The van der Waals surface area contributed by atoms with Gasteiger partial charge >= 0.3 is 5.97 Å². The Balaban J connectivity index is 3.31. The average Bonchev–Trinajstić information content (AvgIpc) is 1.88. The second-order valence-electron chi connectivity index (χ2n) is 1.80. The van der Waals surface area contributed by atoms with Crippen LogP contribution in [0.5, 0.6) is 0 Å². The summed E-state index contributed by atoms with van der Waals surface area (Å²) in [6.45, 7) is 6.13. The number of rotatable bonds is 4. The topological polar surface area (TPSA) is 38.3 Å². The Morgan fingerprint density at radius 3 is 2.80 bits per heavy atom. The molecule has 0 rings (SSSR count). The minimum absolute atomic E-state index is 0.327. The van der Waals surface area contributed by atoms with Crippen LogP contribution >= 0.6 is 22.9 Å². The maximum absolute atomic E-state index is 10.7. The van der Waals surface area contributed by atoms with Crippen LogP contribution in [0.3, 0.4) is 0 Å². The Hall–Kier alpha value is -0.100. The van der Waals surface area contributed by atoms with E-state index in [4.69, 9.17) is 4.74 Å². The quantitative estimate of drug-likeness (QED) is 0.268. The highest BCUT2D eigenvalue weighted by atomic mass is 127. The second kappa shape index (κ2) is 5.67. The zero-order valence-corrected chi connectivity index (χ0v) is 7.97. The van der Waals surface area contributed by atoms with Gasteiger partial charge < -0.3 is 4.74 Å². The van der Waals surface area contributed by atoms with Gasteiger partial charge in [0, 0.05) is 35.0 Å². The van der Waals surface area contributed by atoms with Gasteiger partial charge in [0.05, 0.1) is 0 Å². The van der Waals surface area contributed by atoms with Gasteiger partial charge in [0.25, 0.3) is 0 Å². The number of nitrogens with one attached hydrogen (secondary N) is 1. The smallest absolute Gasteiger partial charge is 0.333 e. The largest absolute Gasteiger partial charge is 0.461 e. The van der Waals surface area contributed by atoms with Gasteiger partial charge in [-0.1, -0.05) is 6.58 Å². The van der Waals surface area contributed by atoms with Crippen LogP contribution in [0.15, 0.2) is 12.2 Å². The van der Waals surface area contributed by atoms with Crippen molar-refractivity contribution in [2.45, 2.75) is 6.92 Å². The van der Waals surface area contributed by atoms with Crippen molar-refractivity contribution >= 4 is 28.8 Å². The predicted molar refractivity (Wildman–Crippen MR) is 47.8 cm³/mol. The van der Waals surface area contributed by atoms with Crippen molar-refractivity contribution in [1.29, 1.82) is 0 Å². The minimum atomic E-state index is -0.327. The molecule has 10 heavy (non-hydrogen) atoms. The van der Waals surface area contributed by atoms with Crippen LogP contribution in [0.2, 0.25) is 0 Å². The van der Waals surface area contributed by atoms with Crippen molar-refractivity contribution in [2.75, 3.05) is 13.2 Å². The zero-order valence-electron chi connectivity index (χ0n) is 5.82. The van der Waals surface area contributed by atoms with E-state index in [-0.39, 0.29) is 5.97 Å². The van der Waals surface area contributed by atoms with Crippen LogP contribution in [-0.2, 0) is 9.53 Å². The number of hydrogen-bond acceptors (Lipinski definition) is 3. The van der Waals surface area contributed by atoms with Crippen molar-refractivity contribution in [3.05, 3.63) is 12.2 Å². The summed E-state index contributed by atoms with van der Waals surface area (Å²) in [6.07, 6.45) is 0. The van der Waals surface area contributed by atoms with Crippen LogP contribution in [0.4, 0.5) is 0 Å². The van der Waals surface area contributed by atoms with E-state index in [1.807, 2.05) is 22.9 Å². The van der Waals surface area contributed by atoms with Crippen molar-refractivity contribution in [2.24, 2.45) is 0 Å². The van der Waals surface area contributed by atoms with Crippen molar-refractivity contribution < 1.29 is 9.53 Å². The molecule has 0 aromatic heterocycles. The number of carbonyl (C=O) groups is 1. The van der Waals surface area contributed by atoms with Crippen LogP contribution in [0.1, 0.15) is 6.92 Å². The fraction of sp³-hybridized carbons (Fsp3) is 0.500. The summed E-state index contributed by atoms with van der Waals surface area (Å²) in [5.74, 6) is -0.327. The molecule has 0 aromatic carbocycles. The van der Waals surface area contributed by atoms with E-state index in [2.05, 4.69) is 10.1 Å². The zero-order chi connectivity index (χ0) is 7.98. The van der Waals surface area contributed by atoms with Gasteiger partial charge in [-0.3, -0.25) is 3.53 Å². The predicted octanol–water partition coefficient (Wildman–Crippen LogP) is 1.05. The van der Waals surface area contributed by atoms with Gasteiger partial charge in [0.2, 0.25) is 0 Å². The fourth-order valence-electron chi connectivity index (χ4n) is 0.306. The molecule has 0 radical (unpaired) electrons. The van der Waals surface area contributed by atoms with E-state index < -0.39 is 0 Å². The number of carbonyl (C=O) groups excluding carboxylic acids is 1. The molecule has 0 aliphatic rings. The molecule has 0 atom stereocenters. The molecule has 0 aromatic rings. The molecule has 0 aliphatic heterocycles. The van der Waals surface area contributed by atoms with Crippen LogP contribution < -0.4 is 3.53 Å².